The number of amides is 2. The Balaban J connectivity index is 1.92. The SMILES string of the molecule is CCc1cc(NC(=O)C(=O)NCC(O)c2ccccc2F)ccc1C. The van der Waals surface area contributed by atoms with E-state index in [0.717, 1.165) is 17.5 Å². The molecule has 0 fully saturated rings. The minimum atomic E-state index is -1.23. The van der Waals surface area contributed by atoms with Crippen LogP contribution in [-0.2, 0) is 16.0 Å². The molecule has 25 heavy (non-hydrogen) atoms. The number of hydrogen-bond donors (Lipinski definition) is 3. The molecular weight excluding hydrogens is 323 g/mol. The van der Waals surface area contributed by atoms with Crippen molar-refractivity contribution in [3.8, 4) is 0 Å². The number of hydrogen-bond acceptors (Lipinski definition) is 3. The van der Waals surface area contributed by atoms with Gasteiger partial charge in [-0.1, -0.05) is 31.2 Å². The maximum atomic E-state index is 13.6. The molecule has 0 heterocycles. The molecule has 6 heteroatoms. The second-order valence-electron chi connectivity index (χ2n) is 5.70. The van der Waals surface area contributed by atoms with Crippen LogP contribution >= 0.6 is 0 Å². The summed E-state index contributed by atoms with van der Waals surface area (Å²) in [5, 5.41) is 14.7. The standard InChI is InChI=1S/C19H21FN2O3/c1-3-13-10-14(9-8-12(13)2)22-19(25)18(24)21-11-17(23)15-6-4-5-7-16(15)20/h4-10,17,23H,3,11H2,1-2H3,(H,21,24)(H,22,25). The Kier molecular flexibility index (Phi) is 6.25. The normalized spacial score (nSPS) is 11.7. The Morgan fingerprint density at radius 3 is 2.56 bits per heavy atom. The Hall–Kier alpha value is -2.73. The van der Waals surface area contributed by atoms with Gasteiger partial charge in [0.15, 0.2) is 0 Å². The second-order valence-corrected chi connectivity index (χ2v) is 5.70. The van der Waals surface area contributed by atoms with Crippen molar-refractivity contribution in [1.82, 2.24) is 5.32 Å². The lowest BCUT2D eigenvalue weighted by molar-refractivity contribution is -0.136. The molecule has 0 radical (unpaired) electrons. The van der Waals surface area contributed by atoms with Gasteiger partial charge in [-0.15, -0.1) is 0 Å². The predicted octanol–water partition coefficient (Wildman–Crippen LogP) is 2.48. The molecule has 0 spiro atoms. The third-order valence-electron chi connectivity index (χ3n) is 3.91. The van der Waals surface area contributed by atoms with Crippen molar-refractivity contribution in [2.24, 2.45) is 0 Å². The average molecular weight is 344 g/mol. The quantitative estimate of drug-likeness (QED) is 0.729. The van der Waals surface area contributed by atoms with Gasteiger partial charge in [0.2, 0.25) is 0 Å². The van der Waals surface area contributed by atoms with Crippen molar-refractivity contribution in [3.05, 3.63) is 65.0 Å². The first-order valence-corrected chi connectivity index (χ1v) is 8.03. The van der Waals surface area contributed by atoms with Crippen molar-refractivity contribution in [2.45, 2.75) is 26.4 Å². The molecule has 2 amide bonds. The average Bonchev–Trinajstić information content (AvgIpc) is 2.61. The zero-order valence-corrected chi connectivity index (χ0v) is 14.2. The fraction of sp³-hybridized carbons (Fsp3) is 0.263. The highest BCUT2D eigenvalue weighted by Crippen LogP contribution is 2.17. The topological polar surface area (TPSA) is 78.4 Å². The summed E-state index contributed by atoms with van der Waals surface area (Å²) in [6.45, 7) is 3.72. The predicted molar refractivity (Wildman–Crippen MR) is 93.6 cm³/mol. The minimum Gasteiger partial charge on any atom is -0.386 e. The zero-order valence-electron chi connectivity index (χ0n) is 14.2. The van der Waals surface area contributed by atoms with Gasteiger partial charge in [0.1, 0.15) is 5.82 Å². The van der Waals surface area contributed by atoms with Gasteiger partial charge in [-0.25, -0.2) is 4.39 Å². The number of carbonyl (C=O) groups is 2. The van der Waals surface area contributed by atoms with Crippen LogP contribution in [-0.4, -0.2) is 23.5 Å². The van der Waals surface area contributed by atoms with Gasteiger partial charge in [-0.05, 0) is 42.7 Å². The first-order valence-electron chi connectivity index (χ1n) is 8.03. The number of rotatable bonds is 5. The molecule has 1 atom stereocenters. The molecule has 0 saturated carbocycles. The Morgan fingerprint density at radius 2 is 1.88 bits per heavy atom. The van der Waals surface area contributed by atoms with Gasteiger partial charge in [0, 0.05) is 17.8 Å². The van der Waals surface area contributed by atoms with E-state index in [4.69, 9.17) is 0 Å². The summed E-state index contributed by atoms with van der Waals surface area (Å²) in [5.74, 6) is -2.30. The number of nitrogens with one attached hydrogen (secondary N) is 2. The number of aliphatic hydroxyl groups is 1. The fourth-order valence-electron chi connectivity index (χ4n) is 2.44. The highest BCUT2D eigenvalue weighted by Gasteiger charge is 2.17. The number of benzene rings is 2. The Bertz CT molecular complexity index is 777. The van der Waals surface area contributed by atoms with Crippen LogP contribution in [0.1, 0.15) is 29.7 Å². The van der Waals surface area contributed by atoms with Gasteiger partial charge < -0.3 is 15.7 Å². The third kappa shape index (κ3) is 4.87. The van der Waals surface area contributed by atoms with Crippen molar-refractivity contribution in [2.75, 3.05) is 11.9 Å². The van der Waals surface area contributed by atoms with Crippen molar-refractivity contribution < 1.29 is 19.1 Å². The summed E-state index contributed by atoms with van der Waals surface area (Å²) in [4.78, 5) is 23.8. The fourth-order valence-corrected chi connectivity index (χ4v) is 2.44. The third-order valence-corrected chi connectivity index (χ3v) is 3.91. The van der Waals surface area contributed by atoms with Gasteiger partial charge in [-0.3, -0.25) is 9.59 Å². The first-order chi connectivity index (χ1) is 11.9. The van der Waals surface area contributed by atoms with Crippen LogP contribution in [0.15, 0.2) is 42.5 Å². The summed E-state index contributed by atoms with van der Waals surface area (Å²) in [7, 11) is 0. The molecule has 3 N–H and O–H groups in total. The highest BCUT2D eigenvalue weighted by atomic mass is 19.1. The van der Waals surface area contributed by atoms with E-state index in [2.05, 4.69) is 10.6 Å². The van der Waals surface area contributed by atoms with E-state index in [1.165, 1.54) is 18.2 Å². The molecule has 132 valence electrons. The maximum absolute atomic E-state index is 13.6. The largest absolute Gasteiger partial charge is 0.386 e. The van der Waals surface area contributed by atoms with Gasteiger partial charge in [0.05, 0.1) is 6.10 Å². The number of aliphatic hydroxyl groups excluding tert-OH is 1. The lowest BCUT2D eigenvalue weighted by Gasteiger charge is -2.13. The van der Waals surface area contributed by atoms with E-state index in [1.54, 1.807) is 12.1 Å². The van der Waals surface area contributed by atoms with Crippen molar-refractivity contribution >= 4 is 17.5 Å². The number of anilines is 1. The molecule has 5 nitrogen and oxygen atoms in total. The van der Waals surface area contributed by atoms with E-state index in [0.29, 0.717) is 5.69 Å². The maximum Gasteiger partial charge on any atom is 0.313 e. The summed E-state index contributed by atoms with van der Waals surface area (Å²) in [6, 6.07) is 11.1. The zero-order chi connectivity index (χ0) is 18.4. The molecule has 1 unspecified atom stereocenters. The number of carbonyl (C=O) groups excluding carboxylic acids is 2. The molecular formula is C19H21FN2O3. The molecule has 2 aromatic carbocycles. The summed E-state index contributed by atoms with van der Waals surface area (Å²) >= 11 is 0. The van der Waals surface area contributed by atoms with Gasteiger partial charge >= 0.3 is 11.8 Å². The molecule has 0 aromatic heterocycles. The number of aryl methyl sites for hydroxylation is 2. The van der Waals surface area contributed by atoms with Crippen LogP contribution in [0.4, 0.5) is 10.1 Å². The lowest BCUT2D eigenvalue weighted by Crippen LogP contribution is -2.37. The van der Waals surface area contributed by atoms with Crippen LogP contribution in [0.3, 0.4) is 0 Å². The molecule has 0 aliphatic heterocycles. The Morgan fingerprint density at radius 1 is 1.16 bits per heavy atom. The molecule has 0 bridgehead atoms. The second kappa shape index (κ2) is 8.39. The first kappa shape index (κ1) is 18.6. The monoisotopic (exact) mass is 344 g/mol. The van der Waals surface area contributed by atoms with Crippen molar-refractivity contribution in [1.29, 1.82) is 0 Å². The van der Waals surface area contributed by atoms with E-state index in [-0.39, 0.29) is 12.1 Å². The molecule has 2 aromatic rings. The molecule has 0 aliphatic rings. The van der Waals surface area contributed by atoms with Crippen LogP contribution in [0.5, 0.6) is 0 Å². The molecule has 0 saturated heterocycles. The van der Waals surface area contributed by atoms with Crippen molar-refractivity contribution in [3.63, 3.8) is 0 Å². The van der Waals surface area contributed by atoms with Crippen LogP contribution in [0.2, 0.25) is 0 Å². The van der Waals surface area contributed by atoms with Gasteiger partial charge in [0.25, 0.3) is 0 Å². The van der Waals surface area contributed by atoms with E-state index >= 15 is 0 Å². The smallest absolute Gasteiger partial charge is 0.313 e. The van der Waals surface area contributed by atoms with Gasteiger partial charge in [-0.2, -0.15) is 0 Å². The Labute approximate surface area is 145 Å². The van der Waals surface area contributed by atoms with Crippen LogP contribution < -0.4 is 10.6 Å². The van der Waals surface area contributed by atoms with E-state index < -0.39 is 23.7 Å². The number of halogens is 1. The minimum absolute atomic E-state index is 0.0642. The lowest BCUT2D eigenvalue weighted by atomic mass is 10.1. The van der Waals surface area contributed by atoms with Crippen LogP contribution in [0.25, 0.3) is 0 Å². The molecule has 0 aliphatic carbocycles. The summed E-state index contributed by atoms with van der Waals surface area (Å²) in [6.07, 6.45) is -0.416. The van der Waals surface area contributed by atoms with E-state index in [9.17, 15) is 19.1 Å². The highest BCUT2D eigenvalue weighted by molar-refractivity contribution is 6.39. The molecule has 2 rings (SSSR count). The summed E-state index contributed by atoms with van der Waals surface area (Å²) < 4.78 is 13.6. The van der Waals surface area contributed by atoms with E-state index in [1.807, 2.05) is 26.0 Å². The summed E-state index contributed by atoms with van der Waals surface area (Å²) in [5.41, 5.74) is 2.78. The van der Waals surface area contributed by atoms with Crippen LogP contribution in [0, 0.1) is 12.7 Å².